The van der Waals surface area contributed by atoms with E-state index in [0.717, 1.165) is 6.07 Å². The number of carbonyl (C=O) groups is 1. The molecule has 92 valence electrons. The molecule has 0 fully saturated rings. The van der Waals surface area contributed by atoms with Crippen molar-refractivity contribution in [1.29, 1.82) is 0 Å². The van der Waals surface area contributed by atoms with Crippen LogP contribution < -0.4 is 4.74 Å². The van der Waals surface area contributed by atoms with Gasteiger partial charge < -0.3 is 9.84 Å². The second kappa shape index (κ2) is 5.01. The number of carboxylic acids is 1. The average Bonchev–Trinajstić information content (AvgIpc) is 2.34. The smallest absolute Gasteiger partial charge is 0.358 e. The van der Waals surface area contributed by atoms with Gasteiger partial charge >= 0.3 is 5.97 Å². The Morgan fingerprint density at radius 2 is 2.17 bits per heavy atom. The summed E-state index contributed by atoms with van der Waals surface area (Å²) in [4.78, 5) is 14.6. The van der Waals surface area contributed by atoms with Crippen LogP contribution in [0.4, 0.5) is 4.39 Å². The van der Waals surface area contributed by atoms with Gasteiger partial charge in [-0.05, 0) is 24.3 Å². The molecule has 0 bridgehead atoms. The van der Waals surface area contributed by atoms with Gasteiger partial charge in [-0.25, -0.2) is 14.2 Å². The molecule has 0 atom stereocenters. The molecule has 1 heterocycles. The van der Waals surface area contributed by atoms with Crippen LogP contribution in [0.25, 0.3) is 0 Å². The Kier molecular flexibility index (Phi) is 3.43. The lowest BCUT2D eigenvalue weighted by atomic mass is 10.3. The highest BCUT2D eigenvalue weighted by molar-refractivity contribution is 6.30. The Labute approximate surface area is 107 Å². The lowest BCUT2D eigenvalue weighted by Crippen LogP contribution is -2.02. The van der Waals surface area contributed by atoms with Crippen LogP contribution in [0.15, 0.2) is 36.5 Å². The van der Waals surface area contributed by atoms with Crippen LogP contribution in [0.1, 0.15) is 10.5 Å². The van der Waals surface area contributed by atoms with Crippen LogP contribution >= 0.6 is 11.6 Å². The van der Waals surface area contributed by atoms with Crippen molar-refractivity contribution in [2.45, 2.75) is 0 Å². The number of carboxylic acid groups (broad SMARTS) is 1. The van der Waals surface area contributed by atoms with Gasteiger partial charge in [0.2, 0.25) is 0 Å². The van der Waals surface area contributed by atoms with Gasteiger partial charge in [-0.2, -0.15) is 0 Å². The lowest BCUT2D eigenvalue weighted by molar-refractivity contribution is 0.0687. The molecular weight excluding hydrogens is 261 g/mol. The zero-order valence-electron chi connectivity index (χ0n) is 8.93. The molecule has 0 amide bonds. The van der Waals surface area contributed by atoms with Crippen molar-refractivity contribution in [2.75, 3.05) is 0 Å². The predicted molar refractivity (Wildman–Crippen MR) is 62.7 cm³/mol. The van der Waals surface area contributed by atoms with Crippen molar-refractivity contribution in [2.24, 2.45) is 0 Å². The molecule has 4 nitrogen and oxygen atoms in total. The second-order valence-electron chi connectivity index (χ2n) is 3.33. The summed E-state index contributed by atoms with van der Waals surface area (Å²) in [6.07, 6.45) is 1.34. The summed E-state index contributed by atoms with van der Waals surface area (Å²) in [6.45, 7) is 0. The Balaban J connectivity index is 2.34. The third-order valence-electron chi connectivity index (χ3n) is 2.09. The second-order valence-corrected chi connectivity index (χ2v) is 3.74. The van der Waals surface area contributed by atoms with Gasteiger partial charge in [0.05, 0.1) is 5.02 Å². The molecule has 2 rings (SSSR count). The monoisotopic (exact) mass is 267 g/mol. The molecule has 0 unspecified atom stereocenters. The van der Waals surface area contributed by atoms with E-state index in [1.807, 2.05) is 0 Å². The van der Waals surface area contributed by atoms with E-state index in [4.69, 9.17) is 21.4 Å². The summed E-state index contributed by atoms with van der Waals surface area (Å²) < 4.78 is 18.3. The molecule has 0 saturated heterocycles. The van der Waals surface area contributed by atoms with Gasteiger partial charge in [0, 0.05) is 12.3 Å². The largest absolute Gasteiger partial charge is 0.476 e. The van der Waals surface area contributed by atoms with Crippen LogP contribution in [0.3, 0.4) is 0 Å². The molecule has 1 N–H and O–H groups in total. The Morgan fingerprint density at radius 3 is 2.83 bits per heavy atom. The summed E-state index contributed by atoms with van der Waals surface area (Å²) in [5.74, 6) is -1.49. The third kappa shape index (κ3) is 2.57. The van der Waals surface area contributed by atoms with Gasteiger partial charge in [0.25, 0.3) is 0 Å². The SMILES string of the molecule is O=C(O)c1ncccc1Oc1ccc(F)c(Cl)c1. The van der Waals surface area contributed by atoms with Gasteiger partial charge in [0.1, 0.15) is 11.6 Å². The zero-order valence-corrected chi connectivity index (χ0v) is 9.69. The number of pyridine rings is 1. The number of aromatic carboxylic acids is 1. The Bertz CT molecular complexity index is 604. The number of halogens is 2. The molecule has 0 saturated carbocycles. The zero-order chi connectivity index (χ0) is 13.1. The summed E-state index contributed by atoms with van der Waals surface area (Å²) in [5, 5.41) is 8.81. The summed E-state index contributed by atoms with van der Waals surface area (Å²) in [6, 6.07) is 6.73. The number of ether oxygens (including phenoxy) is 1. The minimum atomic E-state index is -1.21. The number of aromatic nitrogens is 1. The maximum absolute atomic E-state index is 13.0. The van der Waals surface area contributed by atoms with Crippen molar-refractivity contribution < 1.29 is 19.0 Å². The summed E-state index contributed by atoms with van der Waals surface area (Å²) in [7, 11) is 0. The molecule has 0 aliphatic rings. The van der Waals surface area contributed by atoms with E-state index in [9.17, 15) is 9.18 Å². The number of nitrogens with zero attached hydrogens (tertiary/aromatic N) is 1. The van der Waals surface area contributed by atoms with Crippen LogP contribution in [-0.2, 0) is 0 Å². The van der Waals surface area contributed by atoms with E-state index >= 15 is 0 Å². The van der Waals surface area contributed by atoms with Crippen LogP contribution in [-0.4, -0.2) is 16.1 Å². The lowest BCUT2D eigenvalue weighted by Gasteiger charge is -2.08. The first-order valence-electron chi connectivity index (χ1n) is 4.89. The molecule has 0 aliphatic heterocycles. The fraction of sp³-hybridized carbons (Fsp3) is 0. The van der Waals surface area contributed by atoms with E-state index in [1.54, 1.807) is 0 Å². The van der Waals surface area contributed by atoms with Crippen molar-refractivity contribution in [3.63, 3.8) is 0 Å². The maximum Gasteiger partial charge on any atom is 0.358 e. The standard InChI is InChI=1S/C12H7ClFNO3/c13-8-6-7(3-4-9(8)14)18-10-2-1-5-15-11(10)12(16)17/h1-6H,(H,16,17). The molecule has 1 aromatic carbocycles. The van der Waals surface area contributed by atoms with Gasteiger partial charge in [-0.3, -0.25) is 0 Å². The van der Waals surface area contributed by atoms with Crippen LogP contribution in [0.2, 0.25) is 5.02 Å². The minimum Gasteiger partial charge on any atom is -0.476 e. The summed E-state index contributed by atoms with van der Waals surface area (Å²) in [5.41, 5.74) is -0.224. The number of hydrogen-bond acceptors (Lipinski definition) is 3. The van der Waals surface area contributed by atoms with Crippen molar-refractivity contribution in [3.8, 4) is 11.5 Å². The molecule has 0 spiro atoms. The molecular formula is C12H7ClFNO3. The van der Waals surface area contributed by atoms with Crippen molar-refractivity contribution >= 4 is 17.6 Å². The fourth-order valence-corrected chi connectivity index (χ4v) is 1.47. The van der Waals surface area contributed by atoms with Gasteiger partial charge in [0.15, 0.2) is 11.4 Å². The summed E-state index contributed by atoms with van der Waals surface area (Å²) >= 11 is 5.60. The van der Waals surface area contributed by atoms with E-state index in [2.05, 4.69) is 4.98 Å². The molecule has 18 heavy (non-hydrogen) atoms. The molecule has 2 aromatic rings. The van der Waals surface area contributed by atoms with Crippen molar-refractivity contribution in [3.05, 3.63) is 53.1 Å². The first-order chi connectivity index (χ1) is 8.58. The maximum atomic E-state index is 13.0. The van der Waals surface area contributed by atoms with Gasteiger partial charge in [-0.1, -0.05) is 11.6 Å². The first-order valence-corrected chi connectivity index (χ1v) is 5.27. The van der Waals surface area contributed by atoms with E-state index < -0.39 is 11.8 Å². The fourth-order valence-electron chi connectivity index (χ4n) is 1.30. The molecule has 6 heteroatoms. The van der Waals surface area contributed by atoms with Crippen LogP contribution in [0, 0.1) is 5.82 Å². The quantitative estimate of drug-likeness (QED) is 0.926. The van der Waals surface area contributed by atoms with E-state index in [-0.39, 0.29) is 22.2 Å². The van der Waals surface area contributed by atoms with Crippen LogP contribution in [0.5, 0.6) is 11.5 Å². The highest BCUT2D eigenvalue weighted by Crippen LogP contribution is 2.27. The first kappa shape index (κ1) is 12.3. The average molecular weight is 268 g/mol. The third-order valence-corrected chi connectivity index (χ3v) is 2.38. The Morgan fingerprint density at radius 1 is 1.39 bits per heavy atom. The topological polar surface area (TPSA) is 59.4 Å². The number of hydrogen-bond donors (Lipinski definition) is 1. The molecule has 0 aliphatic carbocycles. The highest BCUT2D eigenvalue weighted by Gasteiger charge is 2.13. The van der Waals surface area contributed by atoms with Crippen molar-refractivity contribution in [1.82, 2.24) is 4.98 Å². The number of rotatable bonds is 3. The minimum absolute atomic E-state index is 0.0627. The number of benzene rings is 1. The predicted octanol–water partition coefficient (Wildman–Crippen LogP) is 3.36. The molecule has 1 aromatic heterocycles. The molecule has 0 radical (unpaired) electrons. The van der Waals surface area contributed by atoms with E-state index in [1.165, 1.54) is 30.5 Å². The highest BCUT2D eigenvalue weighted by atomic mass is 35.5. The van der Waals surface area contributed by atoms with Gasteiger partial charge in [-0.15, -0.1) is 0 Å². The van der Waals surface area contributed by atoms with E-state index in [0.29, 0.717) is 0 Å². The Hall–Kier alpha value is -2.14. The normalized spacial score (nSPS) is 10.1.